The smallest absolute Gasteiger partial charge is 0.247 e. The number of amides is 3. The van der Waals surface area contributed by atoms with E-state index in [9.17, 15) is 9.59 Å². The van der Waals surface area contributed by atoms with E-state index in [1.165, 1.54) is 18.3 Å². The molecule has 5 rings (SSSR count). The average Bonchev–Trinajstić information content (AvgIpc) is 3.59. The number of benzene rings is 2. The fraction of sp³-hybridized carbons (Fsp3) is 0.179. The number of aromatic amines is 1. The van der Waals surface area contributed by atoms with Gasteiger partial charge >= 0.3 is 0 Å². The second kappa shape index (κ2) is 12.5. The van der Waals surface area contributed by atoms with Crippen LogP contribution in [0.15, 0.2) is 72.1 Å². The molecule has 4 N–H and O–H groups in total. The Morgan fingerprint density at radius 1 is 1.23 bits per heavy atom. The van der Waals surface area contributed by atoms with Crippen molar-refractivity contribution in [3.8, 4) is 11.5 Å². The molecule has 2 aromatic heterocycles. The normalized spacial score (nSPS) is 14.0. The number of aryl methyl sites for hydroxylation is 1. The maximum atomic E-state index is 15.1. The molecule has 3 amide bonds. The van der Waals surface area contributed by atoms with Gasteiger partial charge in [0.1, 0.15) is 11.8 Å². The number of nitrogens with zero attached hydrogens (tertiary/aromatic N) is 3. The van der Waals surface area contributed by atoms with Gasteiger partial charge in [-0.3, -0.25) is 19.4 Å². The summed E-state index contributed by atoms with van der Waals surface area (Å²) in [5, 5.41) is 8.99. The van der Waals surface area contributed by atoms with Crippen LogP contribution in [-0.2, 0) is 27.3 Å². The second-order valence-corrected chi connectivity index (χ2v) is 8.72. The van der Waals surface area contributed by atoms with Gasteiger partial charge in [-0.1, -0.05) is 29.8 Å². The maximum absolute atomic E-state index is 15.1. The molecule has 200 valence electrons. The van der Waals surface area contributed by atoms with Crippen LogP contribution in [-0.4, -0.2) is 45.5 Å². The van der Waals surface area contributed by atoms with Crippen molar-refractivity contribution < 1.29 is 23.5 Å². The molecule has 0 saturated heterocycles. The molecule has 0 bridgehead atoms. The summed E-state index contributed by atoms with van der Waals surface area (Å²) in [4.78, 5) is 41.7. The molecule has 1 atom stereocenters. The van der Waals surface area contributed by atoms with E-state index in [0.717, 1.165) is 27.2 Å². The van der Waals surface area contributed by atoms with E-state index in [-0.39, 0.29) is 43.0 Å². The van der Waals surface area contributed by atoms with Crippen LogP contribution in [0.4, 0.5) is 4.39 Å². The third-order valence-corrected chi connectivity index (χ3v) is 5.95. The highest BCUT2D eigenvalue weighted by Crippen LogP contribution is 2.27. The van der Waals surface area contributed by atoms with Gasteiger partial charge in [0, 0.05) is 47.2 Å². The number of carbonyl (C=O) groups excluding carboxylic acids is 3. The number of pyridine rings is 1. The summed E-state index contributed by atoms with van der Waals surface area (Å²) >= 11 is 0. The Balaban J connectivity index is 0.00000112. The first kappa shape index (κ1) is 27.0. The first-order chi connectivity index (χ1) is 18.9. The molecule has 11 heteroatoms. The molecular formula is C28H27FN6O4. The molecule has 1 unspecified atom stereocenters. The lowest BCUT2D eigenvalue weighted by Gasteiger charge is -2.21. The minimum absolute atomic E-state index is 0.0249. The van der Waals surface area contributed by atoms with Crippen LogP contribution in [0.2, 0.25) is 0 Å². The number of hydrogen-bond acceptors (Lipinski definition) is 6. The molecule has 0 saturated carbocycles. The zero-order valence-corrected chi connectivity index (χ0v) is 21.1. The Morgan fingerprint density at radius 3 is 2.74 bits per heavy atom. The Hall–Kier alpha value is -5.06. The Morgan fingerprint density at radius 2 is 2.00 bits per heavy atom. The summed E-state index contributed by atoms with van der Waals surface area (Å²) < 4.78 is 20.8. The van der Waals surface area contributed by atoms with Gasteiger partial charge in [-0.2, -0.15) is 5.10 Å². The highest BCUT2D eigenvalue weighted by molar-refractivity contribution is 5.92. The number of nitrogens with one attached hydrogen (secondary N) is 2. The molecule has 1 aliphatic heterocycles. The number of ether oxygens (including phenoxy) is 1. The summed E-state index contributed by atoms with van der Waals surface area (Å²) in [6, 6.07) is 14.9. The van der Waals surface area contributed by atoms with Crippen molar-refractivity contribution in [2.24, 2.45) is 10.8 Å². The van der Waals surface area contributed by atoms with Crippen molar-refractivity contribution in [2.45, 2.75) is 32.4 Å². The summed E-state index contributed by atoms with van der Waals surface area (Å²) in [6.45, 7) is 2.21. The standard InChI is InChI=1S/C27H24FN5O3.CH3NO/c1-17-5-7-21(8-6-17)36-24-4-2-3-18(26(24)28)14-25(34)33-23(10-12-31-33)27(35)30-16-20-13-19-15-29-11-9-22(19)32-20;2-1-3/h2-9,11-13,15,23,32H,10,14,16H2,1H3,(H,30,35);1H,(H2,2,3). The summed E-state index contributed by atoms with van der Waals surface area (Å²) in [6.07, 6.45) is 5.22. The number of rotatable bonds is 7. The minimum Gasteiger partial charge on any atom is -0.454 e. The minimum atomic E-state index is -0.793. The van der Waals surface area contributed by atoms with Crippen LogP contribution >= 0.6 is 0 Å². The molecule has 4 aromatic rings. The predicted molar refractivity (Wildman–Crippen MR) is 143 cm³/mol. The molecule has 3 heterocycles. The monoisotopic (exact) mass is 530 g/mol. The molecule has 39 heavy (non-hydrogen) atoms. The first-order valence-corrected chi connectivity index (χ1v) is 12.1. The zero-order chi connectivity index (χ0) is 27.8. The molecule has 1 aliphatic rings. The van der Waals surface area contributed by atoms with E-state index in [0.29, 0.717) is 5.75 Å². The van der Waals surface area contributed by atoms with E-state index in [1.54, 1.807) is 30.6 Å². The van der Waals surface area contributed by atoms with Crippen molar-refractivity contribution in [1.82, 2.24) is 20.3 Å². The second-order valence-electron chi connectivity index (χ2n) is 8.72. The van der Waals surface area contributed by atoms with E-state index < -0.39 is 17.8 Å². The van der Waals surface area contributed by atoms with Crippen LogP contribution in [0.25, 0.3) is 10.9 Å². The van der Waals surface area contributed by atoms with Crippen molar-refractivity contribution >= 4 is 35.3 Å². The third-order valence-electron chi connectivity index (χ3n) is 5.95. The van der Waals surface area contributed by atoms with Crippen molar-refractivity contribution in [3.05, 3.63) is 89.6 Å². The highest BCUT2D eigenvalue weighted by Gasteiger charge is 2.33. The SMILES string of the molecule is Cc1ccc(Oc2cccc(CC(=O)N3N=CCC3C(=O)NCc3cc4cnccc4[nH]3)c2F)cc1.NC=O. The number of primary amides is 1. The molecule has 0 fully saturated rings. The van der Waals surface area contributed by atoms with Crippen molar-refractivity contribution in [3.63, 3.8) is 0 Å². The van der Waals surface area contributed by atoms with Gasteiger partial charge in [0.2, 0.25) is 18.2 Å². The highest BCUT2D eigenvalue weighted by atomic mass is 19.1. The lowest BCUT2D eigenvalue weighted by molar-refractivity contribution is -0.139. The van der Waals surface area contributed by atoms with Crippen LogP contribution in [0.5, 0.6) is 11.5 Å². The topological polar surface area (TPSA) is 143 Å². The Kier molecular flexibility index (Phi) is 8.62. The number of halogens is 1. The van der Waals surface area contributed by atoms with Crippen LogP contribution in [0, 0.1) is 12.7 Å². The molecule has 0 aliphatic carbocycles. The lowest BCUT2D eigenvalue weighted by Crippen LogP contribution is -2.45. The molecule has 0 radical (unpaired) electrons. The number of hydrogen-bond donors (Lipinski definition) is 3. The van der Waals surface area contributed by atoms with E-state index in [1.807, 2.05) is 31.2 Å². The number of H-pyrrole nitrogens is 1. The largest absolute Gasteiger partial charge is 0.454 e. The van der Waals surface area contributed by atoms with Crippen molar-refractivity contribution in [2.75, 3.05) is 0 Å². The Bertz CT molecular complexity index is 1470. The van der Waals surface area contributed by atoms with Crippen molar-refractivity contribution in [1.29, 1.82) is 0 Å². The summed E-state index contributed by atoms with van der Waals surface area (Å²) in [5.41, 5.74) is 7.13. The average molecular weight is 531 g/mol. The lowest BCUT2D eigenvalue weighted by atomic mass is 10.1. The van der Waals surface area contributed by atoms with Gasteiger partial charge in [0.25, 0.3) is 0 Å². The molecule has 10 nitrogen and oxygen atoms in total. The number of fused-ring (bicyclic) bond motifs is 1. The van der Waals surface area contributed by atoms with Crippen LogP contribution in [0.3, 0.4) is 0 Å². The predicted octanol–water partition coefficient (Wildman–Crippen LogP) is 3.35. The van der Waals surface area contributed by atoms with Gasteiger partial charge in [0.05, 0.1) is 13.0 Å². The molecular weight excluding hydrogens is 503 g/mol. The summed E-state index contributed by atoms with van der Waals surface area (Å²) in [5.74, 6) is -0.919. The fourth-order valence-electron chi connectivity index (χ4n) is 4.05. The van der Waals surface area contributed by atoms with E-state index in [2.05, 4.69) is 26.1 Å². The van der Waals surface area contributed by atoms with Gasteiger partial charge in [0.15, 0.2) is 11.6 Å². The number of nitrogens with two attached hydrogens (primary N) is 1. The number of aromatic nitrogens is 2. The van der Waals surface area contributed by atoms with Gasteiger partial charge in [-0.25, -0.2) is 9.40 Å². The van der Waals surface area contributed by atoms with Gasteiger partial charge in [-0.05, 0) is 37.3 Å². The quantitative estimate of drug-likeness (QED) is 0.314. The molecule has 0 spiro atoms. The van der Waals surface area contributed by atoms with E-state index in [4.69, 9.17) is 9.53 Å². The molecule has 2 aromatic carbocycles. The maximum Gasteiger partial charge on any atom is 0.247 e. The third kappa shape index (κ3) is 6.63. The fourth-order valence-corrected chi connectivity index (χ4v) is 4.05. The van der Waals surface area contributed by atoms with E-state index >= 15 is 4.39 Å². The summed E-state index contributed by atoms with van der Waals surface area (Å²) in [7, 11) is 0. The van der Waals surface area contributed by atoms with Gasteiger partial charge in [-0.15, -0.1) is 0 Å². The number of carbonyl (C=O) groups is 3. The van der Waals surface area contributed by atoms with Crippen LogP contribution in [0.1, 0.15) is 23.2 Å². The Labute approximate surface area is 223 Å². The zero-order valence-electron chi connectivity index (χ0n) is 21.1. The van der Waals surface area contributed by atoms with Gasteiger partial charge < -0.3 is 20.8 Å². The van der Waals surface area contributed by atoms with Crippen LogP contribution < -0.4 is 15.8 Å². The number of hydrazone groups is 1. The first-order valence-electron chi connectivity index (χ1n) is 12.1.